The Balaban J connectivity index is 3.09. The Labute approximate surface area is 173 Å². The molecule has 0 radical (unpaired) electrons. The zero-order chi connectivity index (χ0) is 21.7. The van der Waals surface area contributed by atoms with Crippen LogP contribution in [0, 0.1) is 0 Å². The van der Waals surface area contributed by atoms with Crippen molar-refractivity contribution >= 4 is 20.7 Å². The zero-order valence-corrected chi connectivity index (χ0v) is 20.6. The Bertz CT molecular complexity index is 491. The van der Waals surface area contributed by atoms with Crippen LogP contribution in [-0.2, 0) is 14.0 Å². The van der Waals surface area contributed by atoms with Crippen molar-refractivity contribution in [3.8, 4) is 0 Å². The number of aldehydes is 1. The van der Waals surface area contributed by atoms with Crippen LogP contribution >= 0.6 is 0 Å². The summed E-state index contributed by atoms with van der Waals surface area (Å²) in [5, 5.41) is 0. The van der Waals surface area contributed by atoms with Gasteiger partial charge in [-0.1, -0.05) is 41.5 Å². The first-order valence-corrected chi connectivity index (χ1v) is 13.1. The molecule has 5 nitrogen and oxygen atoms in total. The quantitative estimate of drug-likeness (QED) is 0.366. The minimum Gasteiger partial charge on any atom is -0.444 e. The number of hydrogen-bond acceptors (Lipinski definition) is 4. The Morgan fingerprint density at radius 3 is 1.96 bits per heavy atom. The molecule has 0 aromatic carbocycles. The maximum atomic E-state index is 13.0. The van der Waals surface area contributed by atoms with Crippen LogP contribution in [0.3, 0.4) is 0 Å². The third-order valence-corrected chi connectivity index (χ3v) is 12.1. The molecule has 1 aliphatic rings. The molecule has 6 heteroatoms. The molecule has 0 aliphatic carbocycles. The predicted molar refractivity (Wildman–Crippen MR) is 117 cm³/mol. The SMILES string of the molecule is CC(C)[Si](OCC1CCCC(CC=O)N1C(=O)OC(C)(C)C)(C(C)C)C(C)C. The number of piperidine rings is 1. The van der Waals surface area contributed by atoms with E-state index in [1.807, 2.05) is 25.7 Å². The van der Waals surface area contributed by atoms with E-state index in [1.54, 1.807) is 0 Å². The van der Waals surface area contributed by atoms with E-state index >= 15 is 0 Å². The highest BCUT2D eigenvalue weighted by Gasteiger charge is 2.46. The van der Waals surface area contributed by atoms with Crippen molar-refractivity contribution in [3.05, 3.63) is 0 Å². The van der Waals surface area contributed by atoms with Gasteiger partial charge < -0.3 is 14.0 Å². The van der Waals surface area contributed by atoms with Crippen LogP contribution in [-0.4, -0.2) is 49.9 Å². The smallest absolute Gasteiger partial charge is 0.410 e. The minimum atomic E-state index is -2.01. The number of likely N-dealkylation sites (tertiary alicyclic amines) is 1. The van der Waals surface area contributed by atoms with Crippen LogP contribution in [0.2, 0.25) is 16.6 Å². The van der Waals surface area contributed by atoms with E-state index in [1.165, 1.54) is 0 Å². The van der Waals surface area contributed by atoms with Crippen molar-refractivity contribution < 1.29 is 18.8 Å². The van der Waals surface area contributed by atoms with Crippen LogP contribution in [0.4, 0.5) is 4.79 Å². The average molecular weight is 414 g/mol. The molecule has 1 heterocycles. The fourth-order valence-corrected chi connectivity index (χ4v) is 10.5. The average Bonchev–Trinajstić information content (AvgIpc) is 2.53. The maximum absolute atomic E-state index is 13.0. The summed E-state index contributed by atoms with van der Waals surface area (Å²) in [4.78, 5) is 26.0. The maximum Gasteiger partial charge on any atom is 0.410 e. The van der Waals surface area contributed by atoms with Crippen molar-refractivity contribution in [2.45, 2.75) is 122 Å². The lowest BCUT2D eigenvalue weighted by Crippen LogP contribution is -2.56. The molecule has 1 aliphatic heterocycles. The predicted octanol–water partition coefficient (Wildman–Crippen LogP) is 5.93. The summed E-state index contributed by atoms with van der Waals surface area (Å²) in [6.07, 6.45) is 3.70. The van der Waals surface area contributed by atoms with E-state index in [2.05, 4.69) is 41.5 Å². The van der Waals surface area contributed by atoms with Gasteiger partial charge in [0.15, 0.2) is 8.32 Å². The highest BCUT2D eigenvalue weighted by Crippen LogP contribution is 2.42. The number of hydrogen-bond donors (Lipinski definition) is 0. The van der Waals surface area contributed by atoms with Gasteiger partial charge in [-0.3, -0.25) is 4.90 Å². The molecule has 0 aromatic heterocycles. The Morgan fingerprint density at radius 1 is 1.04 bits per heavy atom. The summed E-state index contributed by atoms with van der Waals surface area (Å²) < 4.78 is 12.5. The lowest BCUT2D eigenvalue weighted by molar-refractivity contribution is -0.109. The number of carbonyl (C=O) groups is 2. The summed E-state index contributed by atoms with van der Waals surface area (Å²) >= 11 is 0. The van der Waals surface area contributed by atoms with Gasteiger partial charge in [0.2, 0.25) is 0 Å². The zero-order valence-electron chi connectivity index (χ0n) is 19.6. The van der Waals surface area contributed by atoms with E-state index in [9.17, 15) is 9.59 Å². The topological polar surface area (TPSA) is 55.8 Å². The highest BCUT2D eigenvalue weighted by molar-refractivity contribution is 6.77. The summed E-state index contributed by atoms with van der Waals surface area (Å²) in [5.74, 6) is 0. The van der Waals surface area contributed by atoms with Crippen LogP contribution in [0.1, 0.15) is 88.0 Å². The lowest BCUT2D eigenvalue weighted by Gasteiger charge is -2.46. The van der Waals surface area contributed by atoms with Crippen LogP contribution < -0.4 is 0 Å². The van der Waals surface area contributed by atoms with E-state index in [0.29, 0.717) is 29.7 Å². The monoisotopic (exact) mass is 413 g/mol. The summed E-state index contributed by atoms with van der Waals surface area (Å²) in [6, 6.07) is -0.125. The third-order valence-electron chi connectivity index (χ3n) is 6.07. The van der Waals surface area contributed by atoms with Gasteiger partial charge in [0.1, 0.15) is 11.9 Å². The van der Waals surface area contributed by atoms with Gasteiger partial charge in [0, 0.05) is 12.5 Å². The fraction of sp³-hybridized carbons (Fsp3) is 0.909. The number of ether oxygens (including phenoxy) is 1. The molecule has 2 unspecified atom stereocenters. The van der Waals surface area contributed by atoms with E-state index in [-0.39, 0.29) is 18.2 Å². The Kier molecular flexibility index (Phi) is 9.20. The van der Waals surface area contributed by atoms with Gasteiger partial charge >= 0.3 is 6.09 Å². The summed E-state index contributed by atoms with van der Waals surface area (Å²) in [6.45, 7) is 19.8. The lowest BCUT2D eigenvalue weighted by atomic mass is 9.94. The first kappa shape index (κ1) is 25.2. The van der Waals surface area contributed by atoms with Gasteiger partial charge in [0.25, 0.3) is 0 Å². The van der Waals surface area contributed by atoms with Crippen molar-refractivity contribution in [2.24, 2.45) is 0 Å². The molecule has 1 saturated heterocycles. The first-order chi connectivity index (χ1) is 12.9. The molecule has 0 aromatic rings. The number of carbonyl (C=O) groups excluding carboxylic acids is 2. The molecule has 0 bridgehead atoms. The molecule has 1 amide bonds. The first-order valence-electron chi connectivity index (χ1n) is 11.0. The van der Waals surface area contributed by atoms with Crippen molar-refractivity contribution in [1.82, 2.24) is 4.90 Å². The van der Waals surface area contributed by atoms with Gasteiger partial charge in [-0.25, -0.2) is 4.79 Å². The Morgan fingerprint density at radius 2 is 1.54 bits per heavy atom. The second kappa shape index (κ2) is 10.2. The van der Waals surface area contributed by atoms with Crippen LogP contribution in [0.15, 0.2) is 0 Å². The number of rotatable bonds is 8. The van der Waals surface area contributed by atoms with Crippen molar-refractivity contribution in [3.63, 3.8) is 0 Å². The van der Waals surface area contributed by atoms with Gasteiger partial charge in [-0.2, -0.15) is 0 Å². The van der Waals surface area contributed by atoms with E-state index < -0.39 is 13.9 Å². The molecule has 1 fully saturated rings. The largest absolute Gasteiger partial charge is 0.444 e. The second-order valence-electron chi connectivity index (χ2n) is 10.2. The van der Waals surface area contributed by atoms with Gasteiger partial charge in [-0.05, 0) is 56.7 Å². The molecule has 0 N–H and O–H groups in total. The van der Waals surface area contributed by atoms with Crippen molar-refractivity contribution in [1.29, 1.82) is 0 Å². The van der Waals surface area contributed by atoms with Gasteiger partial charge in [0.05, 0.1) is 12.6 Å². The number of nitrogens with zero attached hydrogens (tertiary/aromatic N) is 1. The molecule has 1 rings (SSSR count). The highest BCUT2D eigenvalue weighted by atomic mass is 28.4. The van der Waals surface area contributed by atoms with Gasteiger partial charge in [-0.15, -0.1) is 0 Å². The molecular formula is C22H43NO4Si. The Hall–Kier alpha value is -0.883. The number of amides is 1. The molecule has 28 heavy (non-hydrogen) atoms. The van der Waals surface area contributed by atoms with Crippen molar-refractivity contribution in [2.75, 3.05) is 6.61 Å². The molecule has 164 valence electrons. The normalized spacial score (nSPS) is 21.5. The van der Waals surface area contributed by atoms with Crippen LogP contribution in [0.5, 0.6) is 0 Å². The molecular weight excluding hydrogens is 370 g/mol. The van der Waals surface area contributed by atoms with Crippen LogP contribution in [0.25, 0.3) is 0 Å². The summed E-state index contributed by atoms with van der Waals surface area (Å²) in [7, 11) is -2.01. The summed E-state index contributed by atoms with van der Waals surface area (Å²) in [5.41, 5.74) is 0.934. The molecule has 0 spiro atoms. The second-order valence-corrected chi connectivity index (χ2v) is 15.6. The molecule has 2 atom stereocenters. The molecule has 0 saturated carbocycles. The van der Waals surface area contributed by atoms with E-state index in [4.69, 9.17) is 9.16 Å². The standard InChI is InChI=1S/C22H43NO4Si/c1-16(2)28(17(3)4,18(5)6)26-15-20-12-10-11-19(13-14-24)23(20)21(25)27-22(7,8)9/h14,16-20H,10-13,15H2,1-9H3. The fourth-order valence-electron chi connectivity index (χ4n) is 5.02. The van der Waals surface area contributed by atoms with E-state index in [0.717, 1.165) is 25.5 Å². The third kappa shape index (κ3) is 6.06. The minimum absolute atomic E-state index is 0.0309.